The molecule has 0 saturated heterocycles. The molecule has 110 valence electrons. The van der Waals surface area contributed by atoms with Crippen molar-refractivity contribution < 1.29 is 9.90 Å². The van der Waals surface area contributed by atoms with E-state index in [9.17, 15) is 9.90 Å². The van der Waals surface area contributed by atoms with Gasteiger partial charge in [-0.3, -0.25) is 4.79 Å². The molecule has 1 aromatic rings. The van der Waals surface area contributed by atoms with Gasteiger partial charge in [0.15, 0.2) is 0 Å². The second-order valence-electron chi connectivity index (χ2n) is 5.56. The van der Waals surface area contributed by atoms with E-state index in [4.69, 9.17) is 5.73 Å². The van der Waals surface area contributed by atoms with Gasteiger partial charge >= 0.3 is 0 Å². The molecular weight excluding hydrogens is 252 g/mol. The summed E-state index contributed by atoms with van der Waals surface area (Å²) in [5.41, 5.74) is 6.47. The third kappa shape index (κ3) is 3.31. The number of phenolic OH excluding ortho intramolecular Hbond substituents is 1. The highest BCUT2D eigenvalue weighted by atomic mass is 16.3. The van der Waals surface area contributed by atoms with E-state index in [0.717, 1.165) is 37.9 Å². The van der Waals surface area contributed by atoms with Crippen molar-refractivity contribution in [2.45, 2.75) is 32.6 Å². The molecule has 1 saturated carbocycles. The van der Waals surface area contributed by atoms with Gasteiger partial charge in [-0.1, -0.05) is 6.07 Å². The van der Waals surface area contributed by atoms with Gasteiger partial charge in [0.25, 0.3) is 0 Å². The van der Waals surface area contributed by atoms with Gasteiger partial charge in [0.1, 0.15) is 5.75 Å². The predicted molar refractivity (Wildman–Crippen MR) is 80.6 cm³/mol. The first-order chi connectivity index (χ1) is 9.65. The molecule has 4 heteroatoms. The minimum atomic E-state index is 0.0973. The van der Waals surface area contributed by atoms with Crippen LogP contribution in [-0.2, 0) is 4.79 Å². The summed E-state index contributed by atoms with van der Waals surface area (Å²) in [6, 6.07) is 6.90. The number of nitrogens with two attached hydrogens (primary N) is 1. The van der Waals surface area contributed by atoms with Crippen LogP contribution in [0.2, 0.25) is 0 Å². The molecular formula is C16H24N2O2. The van der Waals surface area contributed by atoms with Crippen molar-refractivity contribution in [2.75, 3.05) is 18.0 Å². The Morgan fingerprint density at radius 3 is 2.60 bits per heavy atom. The number of carbonyl (C=O) groups is 1. The largest absolute Gasteiger partial charge is 0.508 e. The predicted octanol–water partition coefficient (Wildman–Crippen LogP) is 2.51. The fourth-order valence-corrected chi connectivity index (χ4v) is 2.99. The van der Waals surface area contributed by atoms with Crippen molar-refractivity contribution >= 4 is 11.6 Å². The van der Waals surface area contributed by atoms with E-state index in [-0.39, 0.29) is 17.6 Å². The van der Waals surface area contributed by atoms with Crippen LogP contribution in [0.4, 0.5) is 5.69 Å². The molecule has 1 aliphatic carbocycles. The quantitative estimate of drug-likeness (QED) is 0.888. The van der Waals surface area contributed by atoms with Gasteiger partial charge in [-0.2, -0.15) is 0 Å². The Balaban J connectivity index is 2.06. The standard InChI is InChI=1S/C16H24N2O2/c1-2-18(14-4-3-5-15(19)10-14)16(20)13-8-6-12(11-17)7-9-13/h3-5,10,12-13,19H,2,6-9,11,17H2,1H3. The molecule has 0 unspecified atom stereocenters. The number of nitrogens with zero attached hydrogens (tertiary/aromatic N) is 1. The second-order valence-corrected chi connectivity index (χ2v) is 5.56. The van der Waals surface area contributed by atoms with Crippen molar-refractivity contribution in [1.82, 2.24) is 0 Å². The van der Waals surface area contributed by atoms with Crippen LogP contribution < -0.4 is 10.6 Å². The highest BCUT2D eigenvalue weighted by molar-refractivity contribution is 5.95. The summed E-state index contributed by atoms with van der Waals surface area (Å²) in [6.45, 7) is 3.32. The van der Waals surface area contributed by atoms with Gasteiger partial charge in [0.05, 0.1) is 0 Å². The number of hydrogen-bond donors (Lipinski definition) is 2. The maximum absolute atomic E-state index is 12.6. The molecule has 0 aromatic heterocycles. The molecule has 2 rings (SSSR count). The smallest absolute Gasteiger partial charge is 0.230 e. The van der Waals surface area contributed by atoms with E-state index in [0.29, 0.717) is 12.5 Å². The normalized spacial score (nSPS) is 22.5. The van der Waals surface area contributed by atoms with Crippen molar-refractivity contribution in [1.29, 1.82) is 0 Å². The Kier molecular flexibility index (Phi) is 5.01. The fraction of sp³-hybridized carbons (Fsp3) is 0.562. The number of benzene rings is 1. The van der Waals surface area contributed by atoms with Gasteiger partial charge in [0, 0.05) is 24.2 Å². The fourth-order valence-electron chi connectivity index (χ4n) is 2.99. The van der Waals surface area contributed by atoms with Crippen LogP contribution in [0.1, 0.15) is 32.6 Å². The lowest BCUT2D eigenvalue weighted by Crippen LogP contribution is -2.38. The van der Waals surface area contributed by atoms with Gasteiger partial charge in [-0.25, -0.2) is 0 Å². The van der Waals surface area contributed by atoms with E-state index in [1.165, 1.54) is 0 Å². The third-order valence-corrected chi connectivity index (χ3v) is 4.25. The molecule has 1 amide bonds. The average molecular weight is 276 g/mol. The van der Waals surface area contributed by atoms with Crippen LogP contribution >= 0.6 is 0 Å². The minimum Gasteiger partial charge on any atom is -0.508 e. The molecule has 1 fully saturated rings. The Labute approximate surface area is 120 Å². The summed E-state index contributed by atoms with van der Waals surface area (Å²) >= 11 is 0. The molecule has 1 aromatic carbocycles. The van der Waals surface area contributed by atoms with Crippen LogP contribution in [0.3, 0.4) is 0 Å². The van der Waals surface area contributed by atoms with E-state index < -0.39 is 0 Å². The Morgan fingerprint density at radius 2 is 2.05 bits per heavy atom. The first kappa shape index (κ1) is 14.9. The summed E-state index contributed by atoms with van der Waals surface area (Å²) < 4.78 is 0. The van der Waals surface area contributed by atoms with Gasteiger partial charge in [-0.05, 0) is 57.2 Å². The first-order valence-corrected chi connectivity index (χ1v) is 7.46. The van der Waals surface area contributed by atoms with Crippen molar-refractivity contribution in [3.8, 4) is 5.75 Å². The van der Waals surface area contributed by atoms with Crippen LogP contribution in [0, 0.1) is 11.8 Å². The van der Waals surface area contributed by atoms with E-state index in [1.807, 2.05) is 13.0 Å². The average Bonchev–Trinajstić information content (AvgIpc) is 2.48. The molecule has 0 aliphatic heterocycles. The molecule has 3 N–H and O–H groups in total. The minimum absolute atomic E-state index is 0.0973. The van der Waals surface area contributed by atoms with E-state index in [2.05, 4.69) is 0 Å². The molecule has 0 radical (unpaired) electrons. The number of phenols is 1. The lowest BCUT2D eigenvalue weighted by molar-refractivity contribution is -0.123. The summed E-state index contributed by atoms with van der Waals surface area (Å²) in [5.74, 6) is 1.05. The number of carbonyl (C=O) groups excluding carboxylic acids is 1. The monoisotopic (exact) mass is 276 g/mol. The van der Waals surface area contributed by atoms with Crippen LogP contribution in [0.15, 0.2) is 24.3 Å². The topological polar surface area (TPSA) is 66.6 Å². The highest BCUT2D eigenvalue weighted by Crippen LogP contribution is 2.31. The number of rotatable bonds is 4. The summed E-state index contributed by atoms with van der Waals surface area (Å²) in [7, 11) is 0. The van der Waals surface area contributed by atoms with Crippen LogP contribution in [0.25, 0.3) is 0 Å². The summed E-state index contributed by atoms with van der Waals surface area (Å²) in [5, 5.41) is 9.56. The van der Waals surface area contributed by atoms with Crippen molar-refractivity contribution in [3.05, 3.63) is 24.3 Å². The zero-order valence-corrected chi connectivity index (χ0v) is 12.1. The second kappa shape index (κ2) is 6.75. The maximum Gasteiger partial charge on any atom is 0.230 e. The number of anilines is 1. The maximum atomic E-state index is 12.6. The molecule has 4 nitrogen and oxygen atoms in total. The van der Waals surface area contributed by atoms with Gasteiger partial charge in [-0.15, -0.1) is 0 Å². The lowest BCUT2D eigenvalue weighted by Gasteiger charge is -2.31. The molecule has 20 heavy (non-hydrogen) atoms. The Hall–Kier alpha value is -1.55. The Morgan fingerprint density at radius 1 is 1.35 bits per heavy atom. The SMILES string of the molecule is CCN(C(=O)C1CCC(CN)CC1)c1cccc(O)c1. The van der Waals surface area contributed by atoms with Crippen molar-refractivity contribution in [3.63, 3.8) is 0 Å². The molecule has 1 aliphatic rings. The molecule has 0 heterocycles. The van der Waals surface area contributed by atoms with E-state index in [1.54, 1.807) is 23.1 Å². The summed E-state index contributed by atoms with van der Waals surface area (Å²) in [6.07, 6.45) is 3.95. The van der Waals surface area contributed by atoms with E-state index >= 15 is 0 Å². The number of hydrogen-bond acceptors (Lipinski definition) is 3. The molecule has 0 spiro atoms. The third-order valence-electron chi connectivity index (χ3n) is 4.25. The molecule has 0 atom stereocenters. The highest BCUT2D eigenvalue weighted by Gasteiger charge is 2.29. The summed E-state index contributed by atoms with van der Waals surface area (Å²) in [4.78, 5) is 14.4. The van der Waals surface area contributed by atoms with Crippen LogP contribution in [0.5, 0.6) is 5.75 Å². The number of aromatic hydroxyl groups is 1. The Bertz CT molecular complexity index is 454. The number of amides is 1. The van der Waals surface area contributed by atoms with Crippen molar-refractivity contribution in [2.24, 2.45) is 17.6 Å². The van der Waals surface area contributed by atoms with Crippen LogP contribution in [-0.4, -0.2) is 24.1 Å². The zero-order chi connectivity index (χ0) is 14.5. The zero-order valence-electron chi connectivity index (χ0n) is 12.1. The van der Waals surface area contributed by atoms with Gasteiger partial charge < -0.3 is 15.7 Å². The van der Waals surface area contributed by atoms with Gasteiger partial charge in [0.2, 0.25) is 5.91 Å². The molecule has 0 bridgehead atoms. The lowest BCUT2D eigenvalue weighted by atomic mass is 9.81. The first-order valence-electron chi connectivity index (χ1n) is 7.46.